The molecule has 21 heavy (non-hydrogen) atoms. The van der Waals surface area contributed by atoms with Gasteiger partial charge < -0.3 is 21.1 Å². The number of aromatic amines is 1. The number of aliphatic hydroxyl groups excluding tert-OH is 1. The fourth-order valence-corrected chi connectivity index (χ4v) is 2.47. The van der Waals surface area contributed by atoms with E-state index in [9.17, 15) is 4.79 Å². The topological polar surface area (TPSA) is 91.1 Å². The Bertz CT molecular complexity index is 594. The van der Waals surface area contributed by atoms with Crippen LogP contribution < -0.4 is 11.1 Å². The first-order chi connectivity index (χ1) is 10.2. The molecular formula is C16H23N3O2. The smallest absolute Gasteiger partial charge is 0.237 e. The number of para-hydroxylation sites is 1. The van der Waals surface area contributed by atoms with Crippen molar-refractivity contribution in [1.82, 2.24) is 10.3 Å². The number of benzene rings is 1. The first-order valence-electron chi connectivity index (χ1n) is 7.37. The summed E-state index contributed by atoms with van der Waals surface area (Å²) >= 11 is 0. The van der Waals surface area contributed by atoms with Gasteiger partial charge in [0.1, 0.15) is 0 Å². The lowest BCUT2D eigenvalue weighted by Gasteiger charge is -2.19. The van der Waals surface area contributed by atoms with Crippen molar-refractivity contribution >= 4 is 16.8 Å². The third-order valence-electron chi connectivity index (χ3n) is 3.77. The lowest BCUT2D eigenvalue weighted by Crippen LogP contribution is -2.46. The minimum atomic E-state index is -0.586. The highest BCUT2D eigenvalue weighted by Crippen LogP contribution is 2.18. The van der Waals surface area contributed by atoms with Crippen molar-refractivity contribution in [2.24, 2.45) is 5.73 Å². The SMILES string of the molecule is CCC(CCO)NC(=O)[C@@H](N)Cc1c[nH]c2ccccc12. The molecule has 114 valence electrons. The van der Waals surface area contributed by atoms with E-state index in [1.807, 2.05) is 37.4 Å². The van der Waals surface area contributed by atoms with Crippen LogP contribution in [0.15, 0.2) is 30.5 Å². The number of nitrogens with one attached hydrogen (secondary N) is 2. The number of fused-ring (bicyclic) bond motifs is 1. The van der Waals surface area contributed by atoms with E-state index in [4.69, 9.17) is 10.8 Å². The predicted octanol–water partition coefficient (Wildman–Crippen LogP) is 1.31. The summed E-state index contributed by atoms with van der Waals surface area (Å²) in [5.41, 5.74) is 8.10. The Balaban J connectivity index is 2.00. The first-order valence-corrected chi connectivity index (χ1v) is 7.37. The van der Waals surface area contributed by atoms with Crippen LogP contribution in [-0.4, -0.2) is 34.7 Å². The Morgan fingerprint density at radius 3 is 2.90 bits per heavy atom. The molecule has 0 radical (unpaired) electrons. The standard InChI is InChI=1S/C16H23N3O2/c1-2-12(7-8-20)19-16(21)14(17)9-11-10-18-15-6-4-3-5-13(11)15/h3-6,10,12,14,18,20H,2,7-9,17H2,1H3,(H,19,21)/t12?,14-/m0/s1. The van der Waals surface area contributed by atoms with E-state index in [0.717, 1.165) is 22.9 Å². The van der Waals surface area contributed by atoms with Crippen molar-refractivity contribution in [1.29, 1.82) is 0 Å². The summed E-state index contributed by atoms with van der Waals surface area (Å²) in [7, 11) is 0. The summed E-state index contributed by atoms with van der Waals surface area (Å²) in [5.74, 6) is -0.166. The van der Waals surface area contributed by atoms with Crippen molar-refractivity contribution in [2.75, 3.05) is 6.61 Å². The average Bonchev–Trinajstić information content (AvgIpc) is 2.90. The summed E-state index contributed by atoms with van der Waals surface area (Å²) < 4.78 is 0. The van der Waals surface area contributed by atoms with Crippen LogP contribution in [0.5, 0.6) is 0 Å². The first kappa shape index (κ1) is 15.5. The van der Waals surface area contributed by atoms with E-state index in [2.05, 4.69) is 10.3 Å². The fraction of sp³-hybridized carbons (Fsp3) is 0.438. The van der Waals surface area contributed by atoms with Gasteiger partial charge in [0.2, 0.25) is 5.91 Å². The number of hydrogen-bond donors (Lipinski definition) is 4. The molecule has 2 aromatic rings. The van der Waals surface area contributed by atoms with Gasteiger partial charge >= 0.3 is 0 Å². The Morgan fingerprint density at radius 2 is 2.19 bits per heavy atom. The largest absolute Gasteiger partial charge is 0.396 e. The molecule has 0 aliphatic carbocycles. The number of carbonyl (C=O) groups is 1. The van der Waals surface area contributed by atoms with Crippen LogP contribution in [0, 0.1) is 0 Å². The van der Waals surface area contributed by atoms with Crippen LogP contribution in [0.3, 0.4) is 0 Å². The zero-order valence-electron chi connectivity index (χ0n) is 12.3. The van der Waals surface area contributed by atoms with Crippen molar-refractivity contribution in [2.45, 2.75) is 38.3 Å². The molecule has 0 saturated heterocycles. The van der Waals surface area contributed by atoms with Crippen molar-refractivity contribution in [3.63, 3.8) is 0 Å². The van der Waals surface area contributed by atoms with Gasteiger partial charge in [0.05, 0.1) is 6.04 Å². The van der Waals surface area contributed by atoms with Gasteiger partial charge in [0.25, 0.3) is 0 Å². The third kappa shape index (κ3) is 3.83. The molecule has 2 atom stereocenters. The molecule has 5 N–H and O–H groups in total. The van der Waals surface area contributed by atoms with E-state index in [1.54, 1.807) is 0 Å². The number of rotatable bonds is 7. The van der Waals surface area contributed by atoms with Crippen molar-refractivity contribution < 1.29 is 9.90 Å². The summed E-state index contributed by atoms with van der Waals surface area (Å²) in [4.78, 5) is 15.3. The number of nitrogens with two attached hydrogens (primary N) is 1. The molecule has 0 aliphatic rings. The van der Waals surface area contributed by atoms with Crippen LogP contribution in [-0.2, 0) is 11.2 Å². The normalized spacial score (nSPS) is 14.0. The Kier molecular flexibility index (Phi) is 5.36. The minimum Gasteiger partial charge on any atom is -0.396 e. The lowest BCUT2D eigenvalue weighted by atomic mass is 10.0. The van der Waals surface area contributed by atoms with Gasteiger partial charge in [-0.3, -0.25) is 4.79 Å². The summed E-state index contributed by atoms with van der Waals surface area (Å²) in [6, 6.07) is 7.36. The molecule has 2 rings (SSSR count). The maximum absolute atomic E-state index is 12.1. The Morgan fingerprint density at radius 1 is 1.43 bits per heavy atom. The van der Waals surface area contributed by atoms with Crippen LogP contribution in [0.25, 0.3) is 10.9 Å². The molecule has 0 saturated carbocycles. The Hall–Kier alpha value is -1.85. The molecule has 0 spiro atoms. The molecule has 1 amide bonds. The molecule has 5 heteroatoms. The highest BCUT2D eigenvalue weighted by molar-refractivity contribution is 5.86. The molecule has 0 aliphatic heterocycles. The molecule has 5 nitrogen and oxygen atoms in total. The van der Waals surface area contributed by atoms with Gasteiger partial charge in [0, 0.05) is 29.7 Å². The van der Waals surface area contributed by atoms with E-state index < -0.39 is 6.04 Å². The van der Waals surface area contributed by atoms with E-state index >= 15 is 0 Å². The second-order valence-electron chi connectivity index (χ2n) is 5.30. The summed E-state index contributed by atoms with van der Waals surface area (Å²) in [6.45, 7) is 2.04. The third-order valence-corrected chi connectivity index (χ3v) is 3.77. The molecule has 1 unspecified atom stereocenters. The average molecular weight is 289 g/mol. The number of H-pyrrole nitrogens is 1. The number of aliphatic hydroxyl groups is 1. The van der Waals surface area contributed by atoms with E-state index in [-0.39, 0.29) is 18.6 Å². The number of carbonyl (C=O) groups excluding carboxylic acids is 1. The molecule has 0 fully saturated rings. The van der Waals surface area contributed by atoms with Gasteiger partial charge in [-0.1, -0.05) is 25.1 Å². The van der Waals surface area contributed by atoms with Gasteiger partial charge in [0.15, 0.2) is 0 Å². The van der Waals surface area contributed by atoms with Crippen molar-refractivity contribution in [3.8, 4) is 0 Å². The van der Waals surface area contributed by atoms with Crippen LogP contribution >= 0.6 is 0 Å². The van der Waals surface area contributed by atoms with Gasteiger partial charge in [-0.25, -0.2) is 0 Å². The molecule has 1 aromatic carbocycles. The van der Waals surface area contributed by atoms with E-state index in [0.29, 0.717) is 12.8 Å². The van der Waals surface area contributed by atoms with E-state index in [1.165, 1.54) is 0 Å². The molecular weight excluding hydrogens is 266 g/mol. The summed E-state index contributed by atoms with van der Waals surface area (Å²) in [6.07, 6.45) is 3.74. The van der Waals surface area contributed by atoms with Gasteiger partial charge in [-0.15, -0.1) is 0 Å². The van der Waals surface area contributed by atoms with Crippen LogP contribution in [0.4, 0.5) is 0 Å². The number of amides is 1. The molecule has 0 bridgehead atoms. The number of hydrogen-bond acceptors (Lipinski definition) is 3. The monoisotopic (exact) mass is 289 g/mol. The van der Waals surface area contributed by atoms with Crippen LogP contribution in [0.1, 0.15) is 25.3 Å². The highest BCUT2D eigenvalue weighted by Gasteiger charge is 2.18. The fourth-order valence-electron chi connectivity index (χ4n) is 2.47. The molecule has 1 heterocycles. The van der Waals surface area contributed by atoms with Gasteiger partial charge in [-0.05, 0) is 30.9 Å². The van der Waals surface area contributed by atoms with Crippen molar-refractivity contribution in [3.05, 3.63) is 36.0 Å². The molecule has 1 aromatic heterocycles. The summed E-state index contributed by atoms with van der Waals surface area (Å²) in [5, 5.41) is 13.0. The predicted molar refractivity (Wildman–Crippen MR) is 83.9 cm³/mol. The maximum atomic E-state index is 12.1. The Labute approximate surface area is 124 Å². The zero-order chi connectivity index (χ0) is 15.2. The number of aromatic nitrogens is 1. The van der Waals surface area contributed by atoms with Crippen LogP contribution in [0.2, 0.25) is 0 Å². The second-order valence-corrected chi connectivity index (χ2v) is 5.30. The lowest BCUT2D eigenvalue weighted by molar-refractivity contribution is -0.123. The maximum Gasteiger partial charge on any atom is 0.237 e. The highest BCUT2D eigenvalue weighted by atomic mass is 16.3. The minimum absolute atomic E-state index is 0.0171. The quantitative estimate of drug-likeness (QED) is 0.619. The zero-order valence-corrected chi connectivity index (χ0v) is 12.3. The second kappa shape index (κ2) is 7.24. The van der Waals surface area contributed by atoms with Gasteiger partial charge in [-0.2, -0.15) is 0 Å².